The van der Waals surface area contributed by atoms with Crippen LogP contribution in [0.1, 0.15) is 25.3 Å². The van der Waals surface area contributed by atoms with Gasteiger partial charge in [0.05, 0.1) is 5.56 Å². The lowest BCUT2D eigenvalue weighted by atomic mass is 10.0. The highest BCUT2D eigenvalue weighted by Crippen LogP contribution is 2.29. The molecule has 0 spiro atoms. The molecule has 0 aromatic carbocycles. The third kappa shape index (κ3) is 4.52. The molecule has 1 atom stereocenters. The molecule has 18 heavy (non-hydrogen) atoms. The standard InChI is InChI=1S/C12H18F3N3/c1-2-9(3-5-16)8-18-11-7-10(4-6-17-11)12(13,14)15/h4,6-7,9H,2-3,5,8,16H2,1H3,(H,17,18). The van der Waals surface area contributed by atoms with Gasteiger partial charge in [0.15, 0.2) is 0 Å². The van der Waals surface area contributed by atoms with E-state index in [0.717, 1.165) is 31.2 Å². The molecular weight excluding hydrogens is 243 g/mol. The van der Waals surface area contributed by atoms with Crippen molar-refractivity contribution in [3.8, 4) is 0 Å². The van der Waals surface area contributed by atoms with Crippen molar-refractivity contribution in [3.05, 3.63) is 23.9 Å². The van der Waals surface area contributed by atoms with E-state index in [2.05, 4.69) is 10.3 Å². The SMILES string of the molecule is CCC(CCN)CNc1cc(C(F)(F)F)ccn1. The quantitative estimate of drug-likeness (QED) is 0.827. The van der Waals surface area contributed by atoms with Crippen molar-refractivity contribution in [3.63, 3.8) is 0 Å². The number of aromatic nitrogens is 1. The zero-order valence-corrected chi connectivity index (χ0v) is 10.3. The van der Waals surface area contributed by atoms with Crippen molar-refractivity contribution < 1.29 is 13.2 Å². The van der Waals surface area contributed by atoms with Gasteiger partial charge in [0.1, 0.15) is 5.82 Å². The van der Waals surface area contributed by atoms with E-state index in [-0.39, 0.29) is 5.82 Å². The number of hydrogen-bond acceptors (Lipinski definition) is 3. The minimum atomic E-state index is -4.33. The van der Waals surface area contributed by atoms with Gasteiger partial charge in [-0.25, -0.2) is 4.98 Å². The molecule has 0 saturated heterocycles. The maximum Gasteiger partial charge on any atom is 0.416 e. The third-order valence-electron chi connectivity index (χ3n) is 2.81. The van der Waals surface area contributed by atoms with Crippen LogP contribution in [0.4, 0.5) is 19.0 Å². The van der Waals surface area contributed by atoms with Crippen LogP contribution < -0.4 is 11.1 Å². The second-order valence-electron chi connectivity index (χ2n) is 4.16. The summed E-state index contributed by atoms with van der Waals surface area (Å²) in [5.41, 5.74) is 4.77. The Hall–Kier alpha value is -1.30. The zero-order chi connectivity index (χ0) is 13.6. The molecule has 1 rings (SSSR count). The van der Waals surface area contributed by atoms with Gasteiger partial charge in [-0.05, 0) is 31.0 Å². The van der Waals surface area contributed by atoms with Crippen LogP contribution in [-0.2, 0) is 6.18 Å². The maximum absolute atomic E-state index is 12.5. The first-order valence-corrected chi connectivity index (χ1v) is 5.94. The minimum Gasteiger partial charge on any atom is -0.370 e. The van der Waals surface area contributed by atoms with Crippen molar-refractivity contribution in [1.82, 2.24) is 4.98 Å². The average molecular weight is 261 g/mol. The fourth-order valence-electron chi connectivity index (χ4n) is 1.64. The Morgan fingerprint density at radius 2 is 2.17 bits per heavy atom. The maximum atomic E-state index is 12.5. The molecule has 1 aromatic heterocycles. The number of hydrogen-bond donors (Lipinski definition) is 2. The summed E-state index contributed by atoms with van der Waals surface area (Å²) >= 11 is 0. The van der Waals surface area contributed by atoms with Crippen molar-refractivity contribution in [1.29, 1.82) is 0 Å². The fraction of sp³-hybridized carbons (Fsp3) is 0.583. The Bertz CT molecular complexity index is 366. The molecule has 0 aliphatic rings. The van der Waals surface area contributed by atoms with E-state index in [1.807, 2.05) is 6.92 Å². The first-order chi connectivity index (χ1) is 8.47. The van der Waals surface area contributed by atoms with Crippen molar-refractivity contribution in [2.24, 2.45) is 11.7 Å². The number of nitrogens with one attached hydrogen (secondary N) is 1. The third-order valence-corrected chi connectivity index (χ3v) is 2.81. The van der Waals surface area contributed by atoms with Gasteiger partial charge in [-0.1, -0.05) is 13.3 Å². The summed E-state index contributed by atoms with van der Waals surface area (Å²) < 4.78 is 37.4. The molecule has 0 amide bonds. The highest BCUT2D eigenvalue weighted by molar-refractivity contribution is 5.38. The summed E-state index contributed by atoms with van der Waals surface area (Å²) in [5, 5.41) is 2.93. The topological polar surface area (TPSA) is 50.9 Å². The molecule has 0 saturated carbocycles. The highest BCUT2D eigenvalue weighted by Gasteiger charge is 2.30. The number of nitrogens with two attached hydrogens (primary N) is 1. The Labute approximate surface area is 105 Å². The average Bonchev–Trinajstić information content (AvgIpc) is 2.34. The summed E-state index contributed by atoms with van der Waals surface area (Å²) in [6.45, 7) is 3.19. The Kier molecular flexibility index (Phi) is 5.40. The Morgan fingerprint density at radius 3 is 2.72 bits per heavy atom. The van der Waals surface area contributed by atoms with E-state index in [1.165, 1.54) is 0 Å². The molecule has 0 fully saturated rings. The van der Waals surface area contributed by atoms with Gasteiger partial charge in [0, 0.05) is 12.7 Å². The monoisotopic (exact) mass is 261 g/mol. The lowest BCUT2D eigenvalue weighted by Gasteiger charge is -2.15. The Balaban J connectivity index is 2.62. The molecule has 6 heteroatoms. The van der Waals surface area contributed by atoms with Crippen molar-refractivity contribution in [2.75, 3.05) is 18.4 Å². The zero-order valence-electron chi connectivity index (χ0n) is 10.3. The normalized spacial score (nSPS) is 13.4. The Morgan fingerprint density at radius 1 is 1.44 bits per heavy atom. The van der Waals surface area contributed by atoms with Gasteiger partial charge in [0.25, 0.3) is 0 Å². The fourth-order valence-corrected chi connectivity index (χ4v) is 1.64. The molecular formula is C12H18F3N3. The van der Waals surface area contributed by atoms with Crippen LogP contribution in [0, 0.1) is 5.92 Å². The highest BCUT2D eigenvalue weighted by atomic mass is 19.4. The molecule has 3 nitrogen and oxygen atoms in total. The molecule has 0 radical (unpaired) electrons. The molecule has 102 valence electrons. The van der Waals surface area contributed by atoms with Crippen LogP contribution in [0.15, 0.2) is 18.3 Å². The van der Waals surface area contributed by atoms with Crippen LogP contribution in [0.3, 0.4) is 0 Å². The number of anilines is 1. The van der Waals surface area contributed by atoms with Gasteiger partial charge >= 0.3 is 6.18 Å². The van der Waals surface area contributed by atoms with Crippen LogP contribution in [0.5, 0.6) is 0 Å². The van der Waals surface area contributed by atoms with Gasteiger partial charge in [0.2, 0.25) is 0 Å². The second-order valence-corrected chi connectivity index (χ2v) is 4.16. The number of nitrogens with zero attached hydrogens (tertiary/aromatic N) is 1. The van der Waals surface area contributed by atoms with E-state index >= 15 is 0 Å². The summed E-state index contributed by atoms with van der Waals surface area (Å²) in [5.74, 6) is 0.603. The van der Waals surface area contributed by atoms with Crippen molar-refractivity contribution >= 4 is 5.82 Å². The minimum absolute atomic E-state index is 0.250. The summed E-state index contributed by atoms with van der Waals surface area (Å²) in [4.78, 5) is 3.88. The predicted octanol–water partition coefficient (Wildman–Crippen LogP) is 2.89. The molecule has 0 bridgehead atoms. The molecule has 1 aromatic rings. The molecule has 0 aliphatic carbocycles. The van der Waals surface area contributed by atoms with Gasteiger partial charge in [-0.2, -0.15) is 13.2 Å². The summed E-state index contributed by atoms with van der Waals surface area (Å²) in [7, 11) is 0. The largest absolute Gasteiger partial charge is 0.416 e. The first kappa shape index (κ1) is 14.8. The first-order valence-electron chi connectivity index (χ1n) is 5.94. The van der Waals surface area contributed by atoms with Crippen LogP contribution in [0.2, 0.25) is 0 Å². The second kappa shape index (κ2) is 6.58. The van der Waals surface area contributed by atoms with Crippen LogP contribution >= 0.6 is 0 Å². The molecule has 1 heterocycles. The lowest BCUT2D eigenvalue weighted by molar-refractivity contribution is -0.137. The number of rotatable bonds is 6. The predicted molar refractivity (Wildman–Crippen MR) is 65.2 cm³/mol. The number of halogens is 3. The van der Waals surface area contributed by atoms with E-state index in [4.69, 9.17) is 5.73 Å². The van der Waals surface area contributed by atoms with E-state index < -0.39 is 11.7 Å². The van der Waals surface area contributed by atoms with E-state index in [0.29, 0.717) is 19.0 Å². The molecule has 3 N–H and O–H groups in total. The number of pyridine rings is 1. The molecule has 0 aliphatic heterocycles. The van der Waals surface area contributed by atoms with Gasteiger partial charge in [-0.15, -0.1) is 0 Å². The van der Waals surface area contributed by atoms with E-state index in [1.54, 1.807) is 0 Å². The summed E-state index contributed by atoms with van der Waals surface area (Å²) in [6, 6.07) is 1.98. The van der Waals surface area contributed by atoms with E-state index in [9.17, 15) is 13.2 Å². The van der Waals surface area contributed by atoms with Crippen LogP contribution in [0.25, 0.3) is 0 Å². The van der Waals surface area contributed by atoms with Gasteiger partial charge in [-0.3, -0.25) is 0 Å². The number of alkyl halides is 3. The molecule has 1 unspecified atom stereocenters. The summed E-state index contributed by atoms with van der Waals surface area (Å²) in [6.07, 6.45) is -1.39. The van der Waals surface area contributed by atoms with Crippen molar-refractivity contribution in [2.45, 2.75) is 25.9 Å². The smallest absolute Gasteiger partial charge is 0.370 e. The van der Waals surface area contributed by atoms with Crippen LogP contribution in [-0.4, -0.2) is 18.1 Å². The lowest BCUT2D eigenvalue weighted by Crippen LogP contribution is -2.18. The van der Waals surface area contributed by atoms with Gasteiger partial charge < -0.3 is 11.1 Å².